The SMILES string of the molecule is CC(C)Cc1nc(-c2ccccc2)c(-c2ccc(CN3CCC(N4C(=O)Cc5ccccc54)CC3)cc2)[nH]c1=O. The van der Waals surface area contributed by atoms with Crippen LogP contribution in [0.3, 0.4) is 0 Å². The number of nitrogens with zero attached hydrogens (tertiary/aromatic N) is 3. The molecule has 0 bridgehead atoms. The van der Waals surface area contributed by atoms with Gasteiger partial charge in [0.05, 0.1) is 17.8 Å². The zero-order chi connectivity index (χ0) is 27.6. The third-order valence-corrected chi connectivity index (χ3v) is 8.07. The van der Waals surface area contributed by atoms with Crippen LogP contribution in [0.15, 0.2) is 83.7 Å². The molecule has 1 fully saturated rings. The van der Waals surface area contributed by atoms with Gasteiger partial charge in [-0.05, 0) is 42.4 Å². The molecule has 3 aromatic carbocycles. The maximum absolute atomic E-state index is 12.9. The van der Waals surface area contributed by atoms with Gasteiger partial charge >= 0.3 is 0 Å². The molecule has 40 heavy (non-hydrogen) atoms. The molecular formula is C34H36N4O2. The van der Waals surface area contributed by atoms with Gasteiger partial charge in [-0.1, -0.05) is 86.6 Å². The number of fused-ring (bicyclic) bond motifs is 1. The van der Waals surface area contributed by atoms with Crippen molar-refractivity contribution in [2.45, 2.75) is 52.1 Å². The third-order valence-electron chi connectivity index (χ3n) is 8.07. The molecule has 6 nitrogen and oxygen atoms in total. The number of likely N-dealkylation sites (tertiary alicyclic amines) is 1. The van der Waals surface area contributed by atoms with Crippen molar-refractivity contribution in [3.8, 4) is 22.5 Å². The number of anilines is 1. The number of nitrogens with one attached hydrogen (secondary N) is 1. The molecule has 2 aliphatic rings. The Labute approximate surface area is 235 Å². The van der Waals surface area contributed by atoms with Crippen LogP contribution in [0.5, 0.6) is 0 Å². The first-order valence-electron chi connectivity index (χ1n) is 14.4. The number of carbonyl (C=O) groups excluding carboxylic acids is 1. The summed E-state index contributed by atoms with van der Waals surface area (Å²) in [5.74, 6) is 0.578. The Balaban J connectivity index is 1.16. The molecule has 4 aromatic rings. The van der Waals surface area contributed by atoms with Crippen LogP contribution in [0.4, 0.5) is 5.69 Å². The lowest BCUT2D eigenvalue weighted by molar-refractivity contribution is -0.118. The number of hydrogen-bond donors (Lipinski definition) is 1. The van der Waals surface area contributed by atoms with Crippen LogP contribution in [0.1, 0.15) is 43.5 Å². The van der Waals surface area contributed by atoms with Crippen molar-refractivity contribution in [2.75, 3.05) is 18.0 Å². The standard InChI is InChI=1S/C34H36N4O2/c1-23(2)20-29-34(40)36-33(32(35-29)25-8-4-3-5-9-25)26-14-12-24(13-15-26)22-37-18-16-28(17-19-37)38-30-11-7-6-10-27(30)21-31(38)39/h3-15,23,28H,16-22H2,1-2H3,(H,36,40). The van der Waals surface area contributed by atoms with Gasteiger partial charge in [0.2, 0.25) is 5.91 Å². The van der Waals surface area contributed by atoms with Crippen LogP contribution < -0.4 is 10.5 Å². The molecule has 1 N–H and O–H groups in total. The van der Waals surface area contributed by atoms with Gasteiger partial charge in [-0.2, -0.15) is 0 Å². The maximum atomic E-state index is 12.9. The van der Waals surface area contributed by atoms with E-state index in [4.69, 9.17) is 4.98 Å². The van der Waals surface area contributed by atoms with Crippen molar-refractivity contribution in [3.05, 3.63) is 106 Å². The first-order valence-corrected chi connectivity index (χ1v) is 14.4. The van der Waals surface area contributed by atoms with Gasteiger partial charge in [0.25, 0.3) is 5.56 Å². The smallest absolute Gasteiger partial charge is 0.270 e. The first-order chi connectivity index (χ1) is 19.5. The van der Waals surface area contributed by atoms with Crippen LogP contribution in [-0.4, -0.2) is 39.9 Å². The number of piperidine rings is 1. The fourth-order valence-electron chi connectivity index (χ4n) is 6.07. The Hall–Kier alpha value is -4.03. The second-order valence-electron chi connectivity index (χ2n) is 11.5. The van der Waals surface area contributed by atoms with Crippen LogP contribution in [0.25, 0.3) is 22.5 Å². The highest BCUT2D eigenvalue weighted by atomic mass is 16.2. The average Bonchev–Trinajstić information content (AvgIpc) is 3.31. The van der Waals surface area contributed by atoms with E-state index < -0.39 is 0 Å². The normalized spacial score (nSPS) is 16.1. The number of aromatic nitrogens is 2. The molecule has 0 unspecified atom stereocenters. The van der Waals surface area contributed by atoms with Gasteiger partial charge in [0.1, 0.15) is 5.69 Å². The molecule has 6 heteroatoms. The largest absolute Gasteiger partial charge is 0.319 e. The van der Waals surface area contributed by atoms with E-state index in [1.807, 2.05) is 47.4 Å². The topological polar surface area (TPSA) is 69.3 Å². The lowest BCUT2D eigenvalue weighted by Gasteiger charge is -2.37. The summed E-state index contributed by atoms with van der Waals surface area (Å²) in [6, 6.07) is 27.0. The van der Waals surface area contributed by atoms with Crippen molar-refractivity contribution in [1.29, 1.82) is 0 Å². The summed E-state index contributed by atoms with van der Waals surface area (Å²) in [5, 5.41) is 0. The van der Waals surface area contributed by atoms with E-state index in [0.29, 0.717) is 24.5 Å². The van der Waals surface area contributed by atoms with E-state index in [9.17, 15) is 9.59 Å². The van der Waals surface area contributed by atoms with E-state index >= 15 is 0 Å². The Morgan fingerprint density at radius 1 is 0.875 bits per heavy atom. The van der Waals surface area contributed by atoms with Crippen LogP contribution in [0.2, 0.25) is 0 Å². The van der Waals surface area contributed by atoms with Gasteiger partial charge in [-0.3, -0.25) is 14.5 Å². The van der Waals surface area contributed by atoms with Gasteiger partial charge in [0.15, 0.2) is 0 Å². The number of amides is 1. The monoisotopic (exact) mass is 532 g/mol. The highest BCUT2D eigenvalue weighted by Crippen LogP contribution is 2.34. The average molecular weight is 533 g/mol. The zero-order valence-electron chi connectivity index (χ0n) is 23.3. The second kappa shape index (κ2) is 11.2. The molecule has 2 aliphatic heterocycles. The molecule has 0 spiro atoms. The van der Waals surface area contributed by atoms with Crippen molar-refractivity contribution < 1.29 is 4.79 Å². The summed E-state index contributed by atoms with van der Waals surface area (Å²) in [4.78, 5) is 38.2. The summed E-state index contributed by atoms with van der Waals surface area (Å²) in [6.45, 7) is 6.99. The number of para-hydroxylation sites is 1. The number of hydrogen-bond acceptors (Lipinski definition) is 4. The number of carbonyl (C=O) groups is 1. The number of rotatable bonds is 7. The fraction of sp³-hybridized carbons (Fsp3) is 0.324. The van der Waals surface area contributed by atoms with Crippen LogP contribution in [-0.2, 0) is 24.2 Å². The molecule has 1 aromatic heterocycles. The fourth-order valence-corrected chi connectivity index (χ4v) is 6.07. The van der Waals surface area contributed by atoms with Crippen molar-refractivity contribution >= 4 is 11.6 Å². The summed E-state index contributed by atoms with van der Waals surface area (Å²) in [7, 11) is 0. The van der Waals surface area contributed by atoms with Crippen molar-refractivity contribution in [1.82, 2.24) is 14.9 Å². The molecule has 0 radical (unpaired) electrons. The number of H-pyrrole nitrogens is 1. The minimum absolute atomic E-state index is 0.116. The Morgan fingerprint density at radius 3 is 2.30 bits per heavy atom. The third kappa shape index (κ3) is 5.36. The van der Waals surface area contributed by atoms with E-state index in [1.54, 1.807) is 0 Å². The predicted octanol–water partition coefficient (Wildman–Crippen LogP) is 5.86. The van der Waals surface area contributed by atoms with Gasteiger partial charge in [-0.15, -0.1) is 0 Å². The van der Waals surface area contributed by atoms with Crippen molar-refractivity contribution in [3.63, 3.8) is 0 Å². The lowest BCUT2D eigenvalue weighted by Crippen LogP contribution is -2.46. The highest BCUT2D eigenvalue weighted by molar-refractivity contribution is 6.01. The number of aromatic amines is 1. The molecule has 204 valence electrons. The summed E-state index contributed by atoms with van der Waals surface area (Å²) < 4.78 is 0. The Bertz CT molecular complexity index is 1550. The van der Waals surface area contributed by atoms with Crippen molar-refractivity contribution in [2.24, 2.45) is 5.92 Å². The van der Waals surface area contributed by atoms with Gasteiger partial charge in [-0.25, -0.2) is 4.98 Å². The lowest BCUT2D eigenvalue weighted by atomic mass is 10.0. The molecule has 0 aliphatic carbocycles. The minimum Gasteiger partial charge on any atom is -0.319 e. The zero-order valence-corrected chi connectivity index (χ0v) is 23.3. The van der Waals surface area contributed by atoms with E-state index in [1.165, 1.54) is 5.56 Å². The van der Waals surface area contributed by atoms with Crippen LogP contribution >= 0.6 is 0 Å². The molecular weight excluding hydrogens is 496 g/mol. The van der Waals surface area contributed by atoms with E-state index in [-0.39, 0.29) is 17.5 Å². The Morgan fingerprint density at radius 2 is 1.57 bits per heavy atom. The Kier molecular flexibility index (Phi) is 7.35. The quantitative estimate of drug-likeness (QED) is 0.324. The summed E-state index contributed by atoms with van der Waals surface area (Å²) in [5.41, 5.74) is 7.45. The molecule has 1 saturated heterocycles. The molecule has 0 saturated carbocycles. The number of benzene rings is 3. The molecule has 3 heterocycles. The summed E-state index contributed by atoms with van der Waals surface area (Å²) >= 11 is 0. The predicted molar refractivity (Wildman–Crippen MR) is 160 cm³/mol. The highest BCUT2D eigenvalue weighted by Gasteiger charge is 2.34. The molecule has 6 rings (SSSR count). The summed E-state index contributed by atoms with van der Waals surface area (Å²) in [6.07, 6.45) is 3.13. The van der Waals surface area contributed by atoms with Gasteiger partial charge in [0, 0.05) is 42.5 Å². The molecule has 1 amide bonds. The maximum Gasteiger partial charge on any atom is 0.270 e. The minimum atomic E-state index is -0.116. The van der Waals surface area contributed by atoms with Gasteiger partial charge < -0.3 is 9.88 Å². The van der Waals surface area contributed by atoms with E-state index in [2.05, 4.69) is 60.1 Å². The second-order valence-corrected chi connectivity index (χ2v) is 11.5. The first kappa shape index (κ1) is 26.2. The van der Waals surface area contributed by atoms with E-state index in [0.717, 1.165) is 66.2 Å². The molecule has 0 atom stereocenters. The van der Waals surface area contributed by atoms with Crippen LogP contribution in [0, 0.1) is 5.92 Å².